The van der Waals surface area contributed by atoms with Gasteiger partial charge in [0.25, 0.3) is 0 Å². The van der Waals surface area contributed by atoms with Crippen LogP contribution in [-0.4, -0.2) is 38.8 Å². The monoisotopic (exact) mass is 232 g/mol. The largest absolute Gasteiger partial charge is 0.369 e. The molecule has 0 saturated heterocycles. The molecule has 0 aromatic rings. The predicted molar refractivity (Wildman–Crippen MR) is 68.6 cm³/mol. The maximum atomic E-state index is 11.1. The van der Waals surface area contributed by atoms with Crippen LogP contribution in [0, 0.1) is 0 Å². The van der Waals surface area contributed by atoms with Crippen molar-refractivity contribution in [2.24, 2.45) is 0 Å². The zero-order valence-electron chi connectivity index (χ0n) is 11.4. The topological polar surface area (TPSA) is 50.4 Å². The Morgan fingerprint density at radius 1 is 1.19 bits per heavy atom. The summed E-state index contributed by atoms with van der Waals surface area (Å²) >= 11 is 0. The van der Waals surface area contributed by atoms with Crippen LogP contribution in [-0.2, 0) is 9.53 Å². The van der Waals surface area contributed by atoms with Crippen molar-refractivity contribution in [3.63, 3.8) is 0 Å². The van der Waals surface area contributed by atoms with E-state index in [4.69, 9.17) is 4.74 Å². The van der Waals surface area contributed by atoms with Crippen LogP contribution in [0.5, 0.6) is 0 Å². The van der Waals surface area contributed by atoms with E-state index in [-0.39, 0.29) is 18.6 Å². The summed E-state index contributed by atoms with van der Waals surface area (Å²) in [6, 6.07) is 0. The van der Waals surface area contributed by atoms with Gasteiger partial charge in [-0.05, 0) is 40.3 Å². The van der Waals surface area contributed by atoms with Gasteiger partial charge in [0.1, 0.15) is 6.61 Å². The summed E-state index contributed by atoms with van der Waals surface area (Å²) < 4.78 is 5.16. The average Bonchev–Trinajstić information content (AvgIpc) is 2.29. The van der Waals surface area contributed by atoms with E-state index in [0.717, 1.165) is 25.9 Å². The number of unbranched alkanes of at least 4 members (excludes halogenated alkanes) is 1. The Labute approximate surface area is 100 Å². The van der Waals surface area contributed by atoms with E-state index in [0.29, 0.717) is 0 Å². The molecule has 1 amide bonds. The third-order valence-corrected chi connectivity index (χ3v) is 1.72. The summed E-state index contributed by atoms with van der Waals surface area (Å²) in [4.78, 5) is 11.1. The molecule has 0 aliphatic rings. The smallest absolute Gasteiger partial charge is 0.246 e. The fourth-order valence-electron chi connectivity index (χ4n) is 0.948. The summed E-state index contributed by atoms with van der Waals surface area (Å²) in [5.41, 5.74) is 0. The minimum Gasteiger partial charge on any atom is -0.369 e. The number of carbonyl (C=O) groups excluding carboxylic acids is 1. The zero-order chi connectivity index (χ0) is 12.8. The molecule has 0 radical (unpaired) electrons. The molecule has 0 aliphatic heterocycles. The lowest BCUT2D eigenvalue weighted by Crippen LogP contribution is -2.29. The molecule has 16 heavy (non-hydrogen) atoms. The van der Waals surface area contributed by atoms with Gasteiger partial charge in [0.05, 0.1) is 6.10 Å². The fourth-order valence-corrected chi connectivity index (χ4v) is 0.948. The van der Waals surface area contributed by atoms with Gasteiger partial charge in [0.2, 0.25) is 5.91 Å². The second kappa shape index (κ2) is 14.4. The molecule has 0 spiro atoms. The first-order chi connectivity index (χ1) is 7.66. The van der Waals surface area contributed by atoms with Crippen molar-refractivity contribution >= 4 is 5.91 Å². The van der Waals surface area contributed by atoms with Crippen LogP contribution >= 0.6 is 0 Å². The van der Waals surface area contributed by atoms with Crippen LogP contribution in [0.4, 0.5) is 0 Å². The van der Waals surface area contributed by atoms with Crippen LogP contribution in [0.2, 0.25) is 0 Å². The molecule has 2 N–H and O–H groups in total. The van der Waals surface area contributed by atoms with Crippen LogP contribution in [0.15, 0.2) is 0 Å². The molecule has 0 rings (SSSR count). The molecule has 0 atom stereocenters. The number of nitrogens with one attached hydrogen (secondary N) is 2. The second-order valence-corrected chi connectivity index (χ2v) is 3.52. The van der Waals surface area contributed by atoms with Crippen LogP contribution in [0.1, 0.15) is 40.5 Å². The van der Waals surface area contributed by atoms with E-state index in [9.17, 15) is 4.79 Å². The van der Waals surface area contributed by atoms with E-state index < -0.39 is 0 Å². The molecular weight excluding hydrogens is 204 g/mol. The van der Waals surface area contributed by atoms with E-state index >= 15 is 0 Å². The number of ether oxygens (including phenoxy) is 1. The van der Waals surface area contributed by atoms with Gasteiger partial charge in [-0.25, -0.2) is 0 Å². The van der Waals surface area contributed by atoms with Crippen molar-refractivity contribution in [2.45, 2.75) is 46.6 Å². The molecule has 0 aliphatic carbocycles. The normalized spacial score (nSPS) is 9.62. The van der Waals surface area contributed by atoms with E-state index in [2.05, 4.69) is 10.6 Å². The minimum absolute atomic E-state index is 0.0249. The van der Waals surface area contributed by atoms with Crippen LogP contribution in [0.25, 0.3) is 0 Å². The highest BCUT2D eigenvalue weighted by atomic mass is 16.5. The first kappa shape index (κ1) is 17.8. The van der Waals surface area contributed by atoms with Gasteiger partial charge in [-0.1, -0.05) is 13.8 Å². The van der Waals surface area contributed by atoms with Crippen LogP contribution < -0.4 is 10.6 Å². The third-order valence-electron chi connectivity index (χ3n) is 1.72. The molecule has 0 fully saturated rings. The van der Waals surface area contributed by atoms with Gasteiger partial charge in [-0.15, -0.1) is 0 Å². The Morgan fingerprint density at radius 3 is 2.25 bits per heavy atom. The summed E-state index contributed by atoms with van der Waals surface area (Å²) in [6.45, 7) is 9.74. The van der Waals surface area contributed by atoms with Crippen molar-refractivity contribution < 1.29 is 9.53 Å². The highest BCUT2D eigenvalue weighted by molar-refractivity contribution is 5.77. The van der Waals surface area contributed by atoms with E-state index in [1.165, 1.54) is 0 Å². The lowest BCUT2D eigenvalue weighted by Gasteiger charge is -2.08. The Balaban J connectivity index is 0. The van der Waals surface area contributed by atoms with E-state index in [1.54, 1.807) is 0 Å². The van der Waals surface area contributed by atoms with Crippen molar-refractivity contribution in [3.8, 4) is 0 Å². The Bertz CT molecular complexity index is 150. The molecule has 0 saturated carbocycles. The average molecular weight is 232 g/mol. The molecule has 98 valence electrons. The van der Waals surface area contributed by atoms with Gasteiger partial charge in [-0.2, -0.15) is 0 Å². The van der Waals surface area contributed by atoms with Crippen molar-refractivity contribution in [1.82, 2.24) is 10.6 Å². The van der Waals surface area contributed by atoms with E-state index in [1.807, 2.05) is 34.7 Å². The number of hydrogen-bond acceptors (Lipinski definition) is 3. The number of carbonyl (C=O) groups is 1. The lowest BCUT2D eigenvalue weighted by molar-refractivity contribution is -0.127. The molecule has 4 heteroatoms. The van der Waals surface area contributed by atoms with Gasteiger partial charge >= 0.3 is 0 Å². The SMILES string of the molecule is CC.CNCCCCNC(=O)COC(C)C. The van der Waals surface area contributed by atoms with Crippen molar-refractivity contribution in [2.75, 3.05) is 26.7 Å². The summed E-state index contributed by atoms with van der Waals surface area (Å²) in [5.74, 6) is -0.0249. The standard InChI is InChI=1S/C10H22N2O2.C2H6/c1-9(2)14-8-10(13)12-7-5-4-6-11-3;1-2/h9,11H,4-8H2,1-3H3,(H,12,13);1-2H3. The maximum Gasteiger partial charge on any atom is 0.246 e. The van der Waals surface area contributed by atoms with Crippen molar-refractivity contribution in [3.05, 3.63) is 0 Å². The Hall–Kier alpha value is -0.610. The molecular formula is C12H28N2O2. The second-order valence-electron chi connectivity index (χ2n) is 3.52. The molecule has 4 nitrogen and oxygen atoms in total. The minimum atomic E-state index is -0.0249. The first-order valence-corrected chi connectivity index (χ1v) is 6.19. The van der Waals surface area contributed by atoms with Crippen molar-refractivity contribution in [1.29, 1.82) is 0 Å². The first-order valence-electron chi connectivity index (χ1n) is 6.19. The Morgan fingerprint density at radius 2 is 1.75 bits per heavy atom. The summed E-state index contributed by atoms with van der Waals surface area (Å²) in [6.07, 6.45) is 2.21. The van der Waals surface area contributed by atoms with Gasteiger partial charge < -0.3 is 15.4 Å². The summed E-state index contributed by atoms with van der Waals surface area (Å²) in [5, 5.41) is 5.86. The molecule has 0 bridgehead atoms. The van der Waals surface area contributed by atoms with Crippen LogP contribution in [0.3, 0.4) is 0 Å². The number of amides is 1. The molecule has 0 aromatic carbocycles. The number of rotatable bonds is 8. The van der Waals surface area contributed by atoms with Gasteiger partial charge in [0.15, 0.2) is 0 Å². The lowest BCUT2D eigenvalue weighted by atomic mass is 10.3. The van der Waals surface area contributed by atoms with Gasteiger partial charge in [0, 0.05) is 6.54 Å². The third kappa shape index (κ3) is 15.8. The summed E-state index contributed by atoms with van der Waals surface area (Å²) in [7, 11) is 1.93. The molecule has 0 aromatic heterocycles. The quantitative estimate of drug-likeness (QED) is 0.624. The number of hydrogen-bond donors (Lipinski definition) is 2. The highest BCUT2D eigenvalue weighted by Gasteiger charge is 2.01. The molecule has 0 heterocycles. The Kier molecular flexibility index (Phi) is 16.0. The zero-order valence-corrected chi connectivity index (χ0v) is 11.4. The highest BCUT2D eigenvalue weighted by Crippen LogP contribution is 1.87. The maximum absolute atomic E-state index is 11.1. The predicted octanol–water partition coefficient (Wildman–Crippen LogP) is 1.55. The fraction of sp³-hybridized carbons (Fsp3) is 0.917. The molecule has 0 unspecified atom stereocenters. The van der Waals surface area contributed by atoms with Gasteiger partial charge in [-0.3, -0.25) is 4.79 Å².